The van der Waals surface area contributed by atoms with Crippen molar-refractivity contribution in [2.24, 2.45) is 40.2 Å². The minimum absolute atomic E-state index is 0. The number of hydrogen-bond acceptors (Lipinski definition) is 29. The highest BCUT2D eigenvalue weighted by atomic mass is 35.9. The normalized spacial score (nSPS) is 8.37. The third-order valence-electron chi connectivity index (χ3n) is 8.93. The molecule has 0 saturated carbocycles. The van der Waals surface area contributed by atoms with Crippen molar-refractivity contribution in [2.45, 2.75) is 7.43 Å². The molecule has 0 bridgehead atoms. The lowest BCUT2D eigenvalue weighted by Gasteiger charge is -2.05. The zero-order valence-electron chi connectivity index (χ0n) is 48.1. The number of carboxylic acids is 4. The highest BCUT2D eigenvalue weighted by Crippen LogP contribution is 2.57. The van der Waals surface area contributed by atoms with Gasteiger partial charge in [-0.2, -0.15) is 30.0 Å². The van der Waals surface area contributed by atoms with Gasteiger partial charge in [0.15, 0.2) is 3.78 Å². The summed E-state index contributed by atoms with van der Waals surface area (Å²) in [6.45, 7) is 0. The molecule has 0 saturated heterocycles. The Hall–Kier alpha value is -11.4. The minimum atomic E-state index is -3.44. The Bertz CT molecular complexity index is 3900. The molecule has 0 radical (unpaired) electrons. The Morgan fingerprint density at radius 1 is 0.515 bits per heavy atom. The molecular weight excluding hydrogens is 1480 g/mol. The number of aromatic carboxylic acids is 4. The molecule has 9 N–H and O–H groups in total. The number of carbonyl (C=O) groups excluding carboxylic acids is 4. The smallest absolute Gasteiger partial charge is 0.428 e. The van der Waals surface area contributed by atoms with E-state index in [9.17, 15) is 42.9 Å². The van der Waals surface area contributed by atoms with Gasteiger partial charge in [0, 0.05) is 103 Å². The lowest BCUT2D eigenvalue weighted by atomic mass is 10.1. The molecule has 6 rings (SSSR count). The van der Waals surface area contributed by atoms with E-state index in [-0.39, 0.29) is 73.0 Å². The second kappa shape index (κ2) is 56.2. The Morgan fingerprint density at radius 3 is 1.05 bits per heavy atom. The van der Waals surface area contributed by atoms with Crippen LogP contribution in [0.1, 0.15) is 69.6 Å². The van der Waals surface area contributed by atoms with Crippen molar-refractivity contribution < 1.29 is 73.0 Å². The summed E-state index contributed by atoms with van der Waals surface area (Å²) in [6.07, 6.45) is -0.705. The molecule has 0 spiro atoms. The SMILES string of the molecule is C.CNc1cc(N=C=S)cc(NC)c1.CO.N#N.N#N.Nc1cc(C(=O)O)cc(C(=O)O)c1.O=C(O)c1cc(N=C=S)cc(C(=O)O)c1.O=C=Nc1cc(N=C=O)cc(N=C=S)c1.O=P(Cl)(Cl)Oc1ccccc1.S=C(Cl)Cl.[N-]=[N+]=NC(=O)c1cc(N=C=S)cc(C(=O)N=[N+]=[N-])c1. The highest BCUT2D eigenvalue weighted by molar-refractivity contribution is 8.05. The summed E-state index contributed by atoms with van der Waals surface area (Å²) in [5.74, 6) is -6.25. The predicted molar refractivity (Wildman–Crippen MR) is 377 cm³/mol. The van der Waals surface area contributed by atoms with Gasteiger partial charge in [-0.1, -0.05) is 61.0 Å². The van der Waals surface area contributed by atoms with E-state index in [0.717, 1.165) is 42.4 Å². The number of carbonyl (C=O) groups is 6. The number of hydrogen-bond donors (Lipinski definition) is 8. The van der Waals surface area contributed by atoms with Gasteiger partial charge in [-0.3, -0.25) is 9.59 Å². The fraction of sp³-hybridized carbons (Fsp3) is 0.0755. The van der Waals surface area contributed by atoms with Crippen molar-refractivity contribution in [3.63, 3.8) is 0 Å². The van der Waals surface area contributed by atoms with Crippen molar-refractivity contribution >= 4 is 236 Å². The molecule has 0 fully saturated rings. The summed E-state index contributed by atoms with van der Waals surface area (Å²) in [6, 6.07) is 29.3. The van der Waals surface area contributed by atoms with Crippen LogP contribution >= 0.6 is 113 Å². The number of carboxylic acid groups (broad SMARTS) is 4. The van der Waals surface area contributed by atoms with Crippen LogP contribution in [0, 0.1) is 21.6 Å². The average Bonchev–Trinajstić information content (AvgIpc) is 0.878. The molecule has 2 amide bonds. The summed E-state index contributed by atoms with van der Waals surface area (Å²) in [4.78, 5) is 111. The Kier molecular flexibility index (Phi) is 54.6. The van der Waals surface area contributed by atoms with Gasteiger partial charge in [0.05, 0.1) is 77.0 Å². The van der Waals surface area contributed by atoms with E-state index < -0.39 is 41.8 Å². The molecule has 0 aromatic heterocycles. The van der Waals surface area contributed by atoms with Crippen LogP contribution in [0.4, 0.5) is 51.2 Å². The Labute approximate surface area is 593 Å². The Morgan fingerprint density at radius 2 is 0.784 bits per heavy atom. The lowest BCUT2D eigenvalue weighted by Crippen LogP contribution is -2.03. The fourth-order valence-electron chi connectivity index (χ4n) is 5.60. The molecule has 0 atom stereocenters. The molecule has 0 aliphatic heterocycles. The summed E-state index contributed by atoms with van der Waals surface area (Å²) in [5, 5.41) is 86.0. The number of azide groups is 2. The first-order chi connectivity index (χ1) is 45.6. The molecule has 97 heavy (non-hydrogen) atoms. The summed E-state index contributed by atoms with van der Waals surface area (Å²) in [7, 11) is 4.72. The summed E-state index contributed by atoms with van der Waals surface area (Å²) in [5.41, 5.74) is 25.1. The van der Waals surface area contributed by atoms with Gasteiger partial charge < -0.3 is 46.4 Å². The number of halogens is 4. The summed E-state index contributed by atoms with van der Waals surface area (Å²) >= 11 is 41.6. The number of anilines is 3. The maximum atomic E-state index is 11.4. The largest absolute Gasteiger partial charge is 0.478 e. The number of para-hydroxylation sites is 1. The second-order valence-corrected chi connectivity index (χ2v) is 21.6. The van der Waals surface area contributed by atoms with Crippen molar-refractivity contribution in [1.29, 1.82) is 21.6 Å². The van der Waals surface area contributed by atoms with Crippen LogP contribution in [0.3, 0.4) is 0 Å². The first kappa shape index (κ1) is 94.3. The van der Waals surface area contributed by atoms with Crippen molar-refractivity contribution in [3.8, 4) is 5.75 Å². The number of nitrogens with two attached hydrogens (primary N) is 1. The van der Waals surface area contributed by atoms with E-state index in [1.165, 1.54) is 66.8 Å². The molecular formula is C53H42Cl4N19O15PS5. The van der Waals surface area contributed by atoms with Crippen LogP contribution in [-0.4, -0.2) is 119 Å². The van der Waals surface area contributed by atoms with Crippen LogP contribution in [0.5, 0.6) is 5.75 Å². The van der Waals surface area contributed by atoms with Crippen LogP contribution in [0.2, 0.25) is 0 Å². The predicted octanol–water partition coefficient (Wildman–Crippen LogP) is 16.4. The van der Waals surface area contributed by atoms with Crippen LogP contribution in [-0.2, 0) is 14.2 Å². The number of nitrogens with one attached hydrogen (secondary N) is 2. The zero-order chi connectivity index (χ0) is 74.4. The van der Waals surface area contributed by atoms with E-state index in [1.54, 1.807) is 30.3 Å². The third kappa shape index (κ3) is 44.7. The molecule has 6 aromatic carbocycles. The van der Waals surface area contributed by atoms with Crippen molar-refractivity contribution in [1.82, 2.24) is 0 Å². The monoisotopic (exact) mass is 1520 g/mol. The maximum absolute atomic E-state index is 11.4. The van der Waals surface area contributed by atoms with E-state index in [1.807, 2.05) is 37.5 Å². The number of nitrogens with zero attached hydrogens (tertiary/aromatic N) is 16. The number of isothiocyanates is 4. The average molecular weight is 1520 g/mol. The van der Waals surface area contributed by atoms with Crippen molar-refractivity contribution in [3.05, 3.63) is 176 Å². The number of aliphatic imine (C=N–C) groups is 6. The first-order valence-corrected chi connectivity index (χ1v) is 29.7. The van der Waals surface area contributed by atoms with Gasteiger partial charge in [0.1, 0.15) is 5.75 Å². The van der Waals surface area contributed by atoms with Gasteiger partial charge in [0.25, 0.3) is 0 Å². The fourth-order valence-corrected chi connectivity index (χ4v) is 6.87. The van der Waals surface area contributed by atoms with Gasteiger partial charge in [-0.15, -0.1) is 0 Å². The molecule has 0 aliphatic carbocycles. The third-order valence-corrected chi connectivity index (χ3v) is 10.1. The number of thiocarbonyl (C=S) groups is 5. The number of nitrogen functional groups attached to an aromatic ring is 1. The number of aliphatic hydroxyl groups is 1. The molecule has 6 aromatic rings. The Balaban J connectivity index is -0.000000341. The first-order valence-electron chi connectivity index (χ1n) is 23.5. The molecule has 502 valence electrons. The van der Waals surface area contributed by atoms with E-state index in [2.05, 4.69) is 142 Å². The maximum Gasteiger partial charge on any atom is 0.428 e. The van der Waals surface area contributed by atoms with Gasteiger partial charge in [-0.05, 0) is 173 Å². The standard InChI is InChI=1S/C9H3N7O2S.C9H3N3O2S.C9H11N3S.C9H5NO4S.C8H7NO4.C6H5Cl2O2P.CCl2S.CH4O.CH4.2N2/c10-15-13-8(17)5-1-6(9(18)14-16-11)3-7(2-5)12-4-19;13-4-10-7-1-8(11-5-14)3-9(2-7)12-6-15;1-10-7-3-8(11-2)5-9(4-7)12-6-13;11-8(12)5-1-6(9(13)14)3-7(2-5)10-4-15;9-6-2-4(7(10)11)1-5(3-6)8(12)13;7-11(8,9)10-6-4-2-1-3-5-6;2-1(3)4;1-2;;2*1-2/h1-3H;1-3H;3-5,10-11H,1-2H3;1-3H,(H,11,12)(H,13,14);1-3H,9H2,(H,10,11)(H,12,13);1-5H;;2H,1H3;1H4;;. The van der Waals surface area contributed by atoms with E-state index in [4.69, 9.17) is 110 Å². The van der Waals surface area contributed by atoms with Gasteiger partial charge >= 0.3 is 30.0 Å². The molecule has 0 heterocycles. The highest BCUT2D eigenvalue weighted by Gasteiger charge is 2.16. The summed E-state index contributed by atoms with van der Waals surface area (Å²) < 4.78 is 15.3. The van der Waals surface area contributed by atoms with Gasteiger partial charge in [0.2, 0.25) is 24.0 Å². The topological polar surface area (TPSA) is 581 Å². The van der Waals surface area contributed by atoms with Crippen molar-refractivity contribution in [2.75, 3.05) is 37.6 Å². The number of aliphatic hydroxyl groups excluding tert-OH is 1. The zero-order valence-corrected chi connectivity index (χ0v) is 56.1. The minimum Gasteiger partial charge on any atom is -0.478 e. The molecule has 44 heteroatoms. The van der Waals surface area contributed by atoms with E-state index >= 15 is 0 Å². The lowest BCUT2D eigenvalue weighted by molar-refractivity contribution is 0.0676. The van der Waals surface area contributed by atoms with Gasteiger partial charge in [-0.25, -0.2) is 33.3 Å². The van der Waals surface area contributed by atoms with Crippen LogP contribution < -0.4 is 20.9 Å². The van der Waals surface area contributed by atoms with Crippen LogP contribution in [0.25, 0.3) is 20.9 Å². The molecule has 34 nitrogen and oxygen atoms in total. The van der Waals surface area contributed by atoms with Crippen LogP contribution in [0.15, 0.2) is 162 Å². The number of amides is 2. The molecule has 0 aliphatic rings. The second-order valence-electron chi connectivity index (χ2n) is 14.8. The molecule has 0 unspecified atom stereocenters. The van der Waals surface area contributed by atoms with E-state index in [0.29, 0.717) is 11.4 Å². The number of isocyanates is 2. The number of benzene rings is 6. The quantitative estimate of drug-likeness (QED) is 0.00426. The number of rotatable bonds is 16.